The second-order valence-electron chi connectivity index (χ2n) is 4.16. The second-order valence-corrected chi connectivity index (χ2v) is 4.16. The summed E-state index contributed by atoms with van der Waals surface area (Å²) in [5, 5.41) is 0. The summed E-state index contributed by atoms with van der Waals surface area (Å²) in [6.07, 6.45) is 6.18. The van der Waals surface area contributed by atoms with Crippen LogP contribution in [0.2, 0.25) is 0 Å². The highest BCUT2D eigenvalue weighted by Gasteiger charge is 2.13. The van der Waals surface area contributed by atoms with Crippen molar-refractivity contribution in [1.29, 1.82) is 0 Å². The molecule has 0 saturated heterocycles. The number of unbranched alkanes of at least 4 members (excludes halogenated alkanes) is 1. The van der Waals surface area contributed by atoms with Crippen molar-refractivity contribution in [3.8, 4) is 0 Å². The Labute approximate surface area is 82.9 Å². The first-order chi connectivity index (χ1) is 6.11. The number of Topliss-reactive ketones (excluding diaryl/α,β-unsaturated/α-hetero) is 1. The summed E-state index contributed by atoms with van der Waals surface area (Å²) in [6, 6.07) is 0. The third-order valence-electron chi connectivity index (χ3n) is 2.92. The standard InChI is InChI=1S/C12H24O/c1-5-7-8-12(6-2)9-10(3)11(4)13/h10,12H,5-9H2,1-4H3. The van der Waals surface area contributed by atoms with E-state index in [0.717, 1.165) is 12.3 Å². The first-order valence-corrected chi connectivity index (χ1v) is 5.62. The normalized spacial score (nSPS) is 15.4. The summed E-state index contributed by atoms with van der Waals surface area (Å²) in [6.45, 7) is 8.21. The quantitative estimate of drug-likeness (QED) is 0.588. The van der Waals surface area contributed by atoms with Crippen molar-refractivity contribution >= 4 is 5.78 Å². The van der Waals surface area contributed by atoms with Gasteiger partial charge in [-0.25, -0.2) is 0 Å². The molecule has 0 fully saturated rings. The molecule has 0 rings (SSSR count). The maximum absolute atomic E-state index is 11.1. The van der Waals surface area contributed by atoms with E-state index in [1.165, 1.54) is 25.7 Å². The highest BCUT2D eigenvalue weighted by atomic mass is 16.1. The molecule has 2 atom stereocenters. The van der Waals surface area contributed by atoms with Crippen molar-refractivity contribution in [2.75, 3.05) is 0 Å². The maximum Gasteiger partial charge on any atom is 0.132 e. The van der Waals surface area contributed by atoms with E-state index < -0.39 is 0 Å². The van der Waals surface area contributed by atoms with Crippen LogP contribution in [-0.4, -0.2) is 5.78 Å². The van der Waals surface area contributed by atoms with Gasteiger partial charge >= 0.3 is 0 Å². The number of carbonyl (C=O) groups excluding carboxylic acids is 1. The SMILES string of the molecule is CCCCC(CC)CC(C)C(C)=O. The summed E-state index contributed by atoms with van der Waals surface area (Å²) in [4.78, 5) is 11.1. The molecule has 1 heteroatoms. The zero-order chi connectivity index (χ0) is 10.3. The van der Waals surface area contributed by atoms with Gasteiger partial charge in [-0.3, -0.25) is 4.79 Å². The number of hydrogen-bond acceptors (Lipinski definition) is 1. The van der Waals surface area contributed by atoms with Gasteiger partial charge in [0.2, 0.25) is 0 Å². The molecule has 0 radical (unpaired) electrons. The molecule has 0 aliphatic heterocycles. The van der Waals surface area contributed by atoms with Crippen molar-refractivity contribution in [2.24, 2.45) is 11.8 Å². The topological polar surface area (TPSA) is 17.1 Å². The van der Waals surface area contributed by atoms with E-state index >= 15 is 0 Å². The molecule has 0 aromatic rings. The Hall–Kier alpha value is -0.330. The van der Waals surface area contributed by atoms with Crippen LogP contribution in [-0.2, 0) is 4.79 Å². The zero-order valence-electron chi connectivity index (χ0n) is 9.60. The molecule has 0 amide bonds. The molecule has 13 heavy (non-hydrogen) atoms. The summed E-state index contributed by atoms with van der Waals surface area (Å²) in [5.41, 5.74) is 0. The average molecular weight is 184 g/mol. The molecular weight excluding hydrogens is 160 g/mol. The van der Waals surface area contributed by atoms with Crippen LogP contribution in [0.15, 0.2) is 0 Å². The van der Waals surface area contributed by atoms with Crippen molar-refractivity contribution in [3.63, 3.8) is 0 Å². The van der Waals surface area contributed by atoms with Gasteiger partial charge in [0.25, 0.3) is 0 Å². The molecule has 2 unspecified atom stereocenters. The minimum absolute atomic E-state index is 0.266. The predicted octanol–water partition coefficient (Wildman–Crippen LogP) is 3.82. The van der Waals surface area contributed by atoms with Crippen molar-refractivity contribution in [2.45, 2.75) is 59.8 Å². The van der Waals surface area contributed by atoms with Gasteiger partial charge in [0.05, 0.1) is 0 Å². The molecule has 0 aromatic heterocycles. The van der Waals surface area contributed by atoms with E-state index in [9.17, 15) is 4.79 Å². The van der Waals surface area contributed by atoms with Gasteiger partial charge in [-0.05, 0) is 19.3 Å². The first kappa shape index (κ1) is 12.7. The molecule has 0 bridgehead atoms. The third-order valence-corrected chi connectivity index (χ3v) is 2.92. The van der Waals surface area contributed by atoms with Crippen LogP contribution in [0.3, 0.4) is 0 Å². The van der Waals surface area contributed by atoms with Gasteiger partial charge < -0.3 is 0 Å². The lowest BCUT2D eigenvalue weighted by Crippen LogP contribution is -2.12. The molecule has 0 spiro atoms. The summed E-state index contributed by atoms with van der Waals surface area (Å²) in [5.74, 6) is 1.37. The fourth-order valence-corrected chi connectivity index (χ4v) is 1.65. The van der Waals surface area contributed by atoms with E-state index in [-0.39, 0.29) is 5.92 Å². The van der Waals surface area contributed by atoms with Crippen molar-refractivity contribution in [1.82, 2.24) is 0 Å². The van der Waals surface area contributed by atoms with Gasteiger partial charge in [0, 0.05) is 5.92 Å². The number of hydrogen-bond donors (Lipinski definition) is 0. The van der Waals surface area contributed by atoms with Crippen LogP contribution in [0.5, 0.6) is 0 Å². The third kappa shape index (κ3) is 5.84. The Morgan fingerprint density at radius 3 is 2.31 bits per heavy atom. The first-order valence-electron chi connectivity index (χ1n) is 5.62. The molecule has 0 aliphatic carbocycles. The lowest BCUT2D eigenvalue weighted by atomic mass is 9.88. The molecule has 0 saturated carbocycles. The van der Waals surface area contributed by atoms with E-state index in [4.69, 9.17) is 0 Å². The molecular formula is C12H24O. The van der Waals surface area contributed by atoms with Gasteiger partial charge in [0.1, 0.15) is 5.78 Å². The molecule has 0 aliphatic rings. The van der Waals surface area contributed by atoms with Crippen LogP contribution < -0.4 is 0 Å². The van der Waals surface area contributed by atoms with E-state index in [0.29, 0.717) is 5.78 Å². The van der Waals surface area contributed by atoms with Crippen LogP contribution in [0.4, 0.5) is 0 Å². The monoisotopic (exact) mass is 184 g/mol. The number of rotatable bonds is 7. The van der Waals surface area contributed by atoms with Crippen LogP contribution in [0.25, 0.3) is 0 Å². The smallest absolute Gasteiger partial charge is 0.132 e. The Balaban J connectivity index is 3.75. The average Bonchev–Trinajstić information content (AvgIpc) is 2.11. The lowest BCUT2D eigenvalue weighted by Gasteiger charge is -2.17. The van der Waals surface area contributed by atoms with Gasteiger partial charge in [-0.2, -0.15) is 0 Å². The van der Waals surface area contributed by atoms with E-state index in [1.807, 2.05) is 0 Å². The molecule has 0 aromatic carbocycles. The van der Waals surface area contributed by atoms with E-state index in [2.05, 4.69) is 20.8 Å². The molecule has 0 heterocycles. The largest absolute Gasteiger partial charge is 0.300 e. The van der Waals surface area contributed by atoms with Gasteiger partial charge in [0.15, 0.2) is 0 Å². The Morgan fingerprint density at radius 2 is 1.92 bits per heavy atom. The predicted molar refractivity (Wildman–Crippen MR) is 57.8 cm³/mol. The number of carbonyl (C=O) groups is 1. The molecule has 78 valence electrons. The van der Waals surface area contributed by atoms with Crippen LogP contribution in [0.1, 0.15) is 59.8 Å². The van der Waals surface area contributed by atoms with E-state index in [1.54, 1.807) is 6.92 Å². The zero-order valence-corrected chi connectivity index (χ0v) is 9.60. The number of ketones is 1. The Bertz CT molecular complexity index is 140. The van der Waals surface area contributed by atoms with Crippen molar-refractivity contribution in [3.05, 3.63) is 0 Å². The van der Waals surface area contributed by atoms with Gasteiger partial charge in [-0.15, -0.1) is 0 Å². The maximum atomic E-state index is 11.1. The highest BCUT2D eigenvalue weighted by molar-refractivity contribution is 5.77. The molecule has 1 nitrogen and oxygen atoms in total. The highest BCUT2D eigenvalue weighted by Crippen LogP contribution is 2.21. The van der Waals surface area contributed by atoms with Crippen LogP contribution in [0, 0.1) is 11.8 Å². The van der Waals surface area contributed by atoms with Crippen molar-refractivity contribution < 1.29 is 4.79 Å². The summed E-state index contributed by atoms with van der Waals surface area (Å²) >= 11 is 0. The second kappa shape index (κ2) is 7.11. The fraction of sp³-hybridized carbons (Fsp3) is 0.917. The van der Waals surface area contributed by atoms with Gasteiger partial charge in [-0.1, -0.05) is 46.5 Å². The lowest BCUT2D eigenvalue weighted by molar-refractivity contribution is -0.120. The van der Waals surface area contributed by atoms with Crippen LogP contribution >= 0.6 is 0 Å². The Morgan fingerprint density at radius 1 is 1.31 bits per heavy atom. The fourth-order valence-electron chi connectivity index (χ4n) is 1.65. The Kier molecular flexibility index (Phi) is 6.93. The minimum atomic E-state index is 0.266. The summed E-state index contributed by atoms with van der Waals surface area (Å²) in [7, 11) is 0. The molecule has 0 N–H and O–H groups in total. The summed E-state index contributed by atoms with van der Waals surface area (Å²) < 4.78 is 0. The minimum Gasteiger partial charge on any atom is -0.300 e.